The SMILES string of the molecule is [C-]#[N+]c1cc(Oc2c(F)cc3[nH]ccc3c2Cc2nc(Br)cs2)ccc1F. The molecule has 4 aromatic rings. The van der Waals surface area contributed by atoms with Crippen LogP contribution in [-0.2, 0) is 6.42 Å². The van der Waals surface area contributed by atoms with Crippen molar-refractivity contribution in [2.75, 3.05) is 0 Å². The van der Waals surface area contributed by atoms with E-state index in [-0.39, 0.29) is 17.2 Å². The molecule has 1 N–H and O–H groups in total. The number of nitrogens with one attached hydrogen (secondary N) is 1. The second-order valence-corrected chi connectivity index (χ2v) is 7.43. The summed E-state index contributed by atoms with van der Waals surface area (Å²) in [7, 11) is 0. The van der Waals surface area contributed by atoms with E-state index in [0.717, 1.165) is 16.5 Å². The maximum Gasteiger partial charge on any atom is 0.225 e. The van der Waals surface area contributed by atoms with Gasteiger partial charge in [0.25, 0.3) is 0 Å². The van der Waals surface area contributed by atoms with Crippen LogP contribution in [0, 0.1) is 18.2 Å². The molecular weight excluding hydrogens is 436 g/mol. The number of H-pyrrole nitrogens is 1. The van der Waals surface area contributed by atoms with E-state index >= 15 is 0 Å². The van der Waals surface area contributed by atoms with Gasteiger partial charge in [0.05, 0.1) is 11.6 Å². The predicted octanol–water partition coefficient (Wildman–Crippen LogP) is 6.60. The van der Waals surface area contributed by atoms with Crippen molar-refractivity contribution < 1.29 is 13.5 Å². The summed E-state index contributed by atoms with van der Waals surface area (Å²) in [5.41, 5.74) is 1.09. The van der Waals surface area contributed by atoms with Crippen LogP contribution in [0.3, 0.4) is 0 Å². The number of halogens is 3. The quantitative estimate of drug-likeness (QED) is 0.359. The van der Waals surface area contributed by atoms with Gasteiger partial charge in [-0.05, 0) is 40.2 Å². The maximum atomic E-state index is 14.8. The van der Waals surface area contributed by atoms with Crippen LogP contribution in [-0.4, -0.2) is 9.97 Å². The molecule has 0 aliphatic carbocycles. The van der Waals surface area contributed by atoms with Crippen LogP contribution in [0.25, 0.3) is 15.7 Å². The van der Waals surface area contributed by atoms with Gasteiger partial charge in [-0.3, -0.25) is 0 Å². The third kappa shape index (κ3) is 3.44. The number of benzene rings is 2. The van der Waals surface area contributed by atoms with E-state index in [2.05, 4.69) is 30.7 Å². The lowest BCUT2D eigenvalue weighted by Gasteiger charge is -2.13. The summed E-state index contributed by atoms with van der Waals surface area (Å²) in [5.74, 6) is -0.968. The average Bonchev–Trinajstić information content (AvgIpc) is 3.27. The van der Waals surface area contributed by atoms with E-state index in [1.807, 2.05) is 11.4 Å². The molecule has 0 saturated carbocycles. The Labute approximate surface area is 165 Å². The number of aromatic amines is 1. The van der Waals surface area contributed by atoms with Crippen LogP contribution < -0.4 is 4.74 Å². The first-order valence-electron chi connectivity index (χ1n) is 7.78. The van der Waals surface area contributed by atoms with E-state index in [1.165, 1.54) is 29.5 Å². The van der Waals surface area contributed by atoms with E-state index in [4.69, 9.17) is 11.3 Å². The molecule has 0 amide bonds. The molecule has 0 saturated heterocycles. The molecule has 0 aliphatic heterocycles. The summed E-state index contributed by atoms with van der Waals surface area (Å²) >= 11 is 4.77. The molecule has 2 aromatic carbocycles. The van der Waals surface area contributed by atoms with E-state index in [1.54, 1.807) is 6.20 Å². The van der Waals surface area contributed by atoms with Gasteiger partial charge in [-0.2, -0.15) is 0 Å². The van der Waals surface area contributed by atoms with E-state index in [0.29, 0.717) is 22.1 Å². The van der Waals surface area contributed by atoms with Gasteiger partial charge in [-0.15, -0.1) is 11.3 Å². The number of aromatic nitrogens is 2. The molecule has 0 aliphatic rings. The van der Waals surface area contributed by atoms with Crippen molar-refractivity contribution >= 4 is 43.9 Å². The smallest absolute Gasteiger partial charge is 0.225 e. The van der Waals surface area contributed by atoms with Gasteiger partial charge >= 0.3 is 0 Å². The molecule has 2 aromatic heterocycles. The van der Waals surface area contributed by atoms with Gasteiger partial charge in [-0.25, -0.2) is 18.6 Å². The molecule has 0 bridgehead atoms. The van der Waals surface area contributed by atoms with Gasteiger partial charge in [-0.1, -0.05) is 0 Å². The monoisotopic (exact) mass is 445 g/mol. The van der Waals surface area contributed by atoms with Crippen molar-refractivity contribution in [2.45, 2.75) is 6.42 Å². The molecule has 4 nitrogen and oxygen atoms in total. The molecule has 27 heavy (non-hydrogen) atoms. The first-order valence-corrected chi connectivity index (χ1v) is 9.45. The number of thiazole rings is 1. The predicted molar refractivity (Wildman–Crippen MR) is 104 cm³/mol. The highest BCUT2D eigenvalue weighted by molar-refractivity contribution is 9.10. The van der Waals surface area contributed by atoms with Gasteiger partial charge in [0.15, 0.2) is 11.6 Å². The molecule has 8 heteroatoms. The van der Waals surface area contributed by atoms with E-state index in [9.17, 15) is 8.78 Å². The molecule has 4 rings (SSSR count). The van der Waals surface area contributed by atoms with Crippen molar-refractivity contribution in [3.63, 3.8) is 0 Å². The molecule has 0 radical (unpaired) electrons. The third-order valence-electron chi connectivity index (χ3n) is 3.98. The summed E-state index contributed by atoms with van der Waals surface area (Å²) in [5, 5.41) is 3.46. The molecule has 0 unspecified atom stereocenters. The number of rotatable bonds is 4. The first-order chi connectivity index (χ1) is 13.0. The zero-order valence-electron chi connectivity index (χ0n) is 13.6. The summed E-state index contributed by atoms with van der Waals surface area (Å²) in [4.78, 5) is 10.5. The summed E-state index contributed by atoms with van der Waals surface area (Å²) < 4.78 is 34.8. The molecule has 134 valence electrons. The lowest BCUT2D eigenvalue weighted by atomic mass is 10.1. The lowest BCUT2D eigenvalue weighted by Crippen LogP contribution is -1.98. The number of hydrogen-bond acceptors (Lipinski definition) is 3. The minimum atomic E-state index is -0.647. The first kappa shape index (κ1) is 17.6. The Bertz CT molecular complexity index is 1200. The second kappa shape index (κ2) is 7.10. The number of nitrogens with zero attached hydrogens (tertiary/aromatic N) is 2. The topological polar surface area (TPSA) is 42.3 Å². The van der Waals surface area contributed by atoms with Crippen LogP contribution in [0.5, 0.6) is 11.5 Å². The normalized spacial score (nSPS) is 10.9. The van der Waals surface area contributed by atoms with Crippen LogP contribution in [0.15, 0.2) is 46.5 Å². The van der Waals surface area contributed by atoms with Crippen molar-refractivity contribution in [3.05, 3.63) is 80.1 Å². The fourth-order valence-corrected chi connectivity index (χ4v) is 4.07. The van der Waals surface area contributed by atoms with Crippen molar-refractivity contribution in [1.82, 2.24) is 9.97 Å². The summed E-state index contributed by atoms with van der Waals surface area (Å²) in [6.07, 6.45) is 2.10. The Morgan fingerprint density at radius 2 is 2.07 bits per heavy atom. The van der Waals surface area contributed by atoms with Gasteiger partial charge in [0.1, 0.15) is 16.2 Å². The van der Waals surface area contributed by atoms with Crippen LogP contribution >= 0.6 is 27.3 Å². The highest BCUT2D eigenvalue weighted by Gasteiger charge is 2.19. The molecule has 2 heterocycles. The molecular formula is C19H10BrF2N3OS. The zero-order valence-corrected chi connectivity index (χ0v) is 16.0. The number of fused-ring (bicyclic) bond motifs is 1. The fourth-order valence-electron chi connectivity index (χ4n) is 2.79. The third-order valence-corrected chi connectivity index (χ3v) is 5.53. The van der Waals surface area contributed by atoms with Crippen molar-refractivity contribution in [2.24, 2.45) is 0 Å². The highest BCUT2D eigenvalue weighted by Crippen LogP contribution is 2.37. The Balaban J connectivity index is 1.82. The van der Waals surface area contributed by atoms with Crippen LogP contribution in [0.1, 0.15) is 10.6 Å². The second-order valence-electron chi connectivity index (χ2n) is 5.67. The van der Waals surface area contributed by atoms with Crippen LogP contribution in [0.2, 0.25) is 0 Å². The number of hydrogen-bond donors (Lipinski definition) is 1. The highest BCUT2D eigenvalue weighted by atomic mass is 79.9. The van der Waals surface area contributed by atoms with Gasteiger partial charge in [0, 0.05) is 40.5 Å². The Morgan fingerprint density at radius 1 is 1.22 bits per heavy atom. The number of ether oxygens (including phenoxy) is 1. The van der Waals surface area contributed by atoms with Crippen molar-refractivity contribution in [3.8, 4) is 11.5 Å². The largest absolute Gasteiger partial charge is 0.455 e. The zero-order chi connectivity index (χ0) is 19.0. The van der Waals surface area contributed by atoms with E-state index < -0.39 is 11.6 Å². The minimum Gasteiger partial charge on any atom is -0.455 e. The maximum absolute atomic E-state index is 14.8. The Kier molecular flexibility index (Phi) is 4.64. The molecule has 0 atom stereocenters. The Morgan fingerprint density at radius 3 is 2.81 bits per heavy atom. The van der Waals surface area contributed by atoms with Crippen LogP contribution in [0.4, 0.5) is 14.5 Å². The standard InChI is InChI=1S/C19H10BrF2N3OS/c1-23-16-6-10(2-3-13(16)21)26-19-12(7-18-25-17(20)9-27-18)11-4-5-24-15(11)8-14(19)22/h2-6,8-9,24H,7H2. The lowest BCUT2D eigenvalue weighted by molar-refractivity contribution is 0.438. The summed E-state index contributed by atoms with van der Waals surface area (Å²) in [6, 6.07) is 6.95. The minimum absolute atomic E-state index is 0.0379. The van der Waals surface area contributed by atoms with Gasteiger partial charge in [0.2, 0.25) is 5.69 Å². The average molecular weight is 446 g/mol. The fraction of sp³-hybridized carbons (Fsp3) is 0.0526. The summed E-state index contributed by atoms with van der Waals surface area (Å²) in [6.45, 7) is 7.02. The van der Waals surface area contributed by atoms with Gasteiger partial charge < -0.3 is 9.72 Å². The van der Waals surface area contributed by atoms with Crippen molar-refractivity contribution in [1.29, 1.82) is 0 Å². The Hall–Kier alpha value is -2.76. The molecule has 0 fully saturated rings. The molecule has 0 spiro atoms.